The van der Waals surface area contributed by atoms with Crippen LogP contribution in [0.1, 0.15) is 40.2 Å². The zero-order valence-corrected chi connectivity index (χ0v) is 15.5. The second kappa shape index (κ2) is 6.48. The molecule has 2 aromatic carbocycles. The first-order chi connectivity index (χ1) is 13.6. The van der Waals surface area contributed by atoms with Crippen molar-refractivity contribution in [2.45, 2.75) is 32.1 Å². The van der Waals surface area contributed by atoms with E-state index >= 15 is 0 Å². The molecular formula is C22H21FN4O. The third-order valence-corrected chi connectivity index (χ3v) is 5.74. The first-order valence-electron chi connectivity index (χ1n) is 9.69. The molecule has 0 fully saturated rings. The average molecular weight is 376 g/mol. The number of nitrogen functional groups attached to an aromatic ring is 1. The molecule has 0 unspecified atom stereocenters. The van der Waals surface area contributed by atoms with Gasteiger partial charge in [0.05, 0.1) is 5.69 Å². The number of hydrogen-bond donors (Lipinski definition) is 1. The van der Waals surface area contributed by atoms with Gasteiger partial charge >= 0.3 is 0 Å². The molecule has 1 amide bonds. The number of aromatic nitrogens is 2. The summed E-state index contributed by atoms with van der Waals surface area (Å²) in [5, 5.41) is 4.67. The fourth-order valence-corrected chi connectivity index (χ4v) is 4.40. The van der Waals surface area contributed by atoms with E-state index in [4.69, 9.17) is 5.73 Å². The summed E-state index contributed by atoms with van der Waals surface area (Å²) >= 11 is 0. The Hall–Kier alpha value is -3.15. The van der Waals surface area contributed by atoms with E-state index in [1.165, 1.54) is 12.1 Å². The fraction of sp³-hybridized carbons (Fsp3) is 0.273. The van der Waals surface area contributed by atoms with Crippen LogP contribution in [0.4, 0.5) is 15.8 Å². The summed E-state index contributed by atoms with van der Waals surface area (Å²) in [7, 11) is 0. The lowest BCUT2D eigenvalue weighted by Gasteiger charge is -2.30. The highest BCUT2D eigenvalue weighted by Gasteiger charge is 2.32. The summed E-state index contributed by atoms with van der Waals surface area (Å²) in [5.41, 5.74) is 12.2. The van der Waals surface area contributed by atoms with Gasteiger partial charge in [0.1, 0.15) is 5.82 Å². The van der Waals surface area contributed by atoms with Gasteiger partial charge in [0.25, 0.3) is 5.91 Å². The highest BCUT2D eigenvalue weighted by atomic mass is 19.1. The van der Waals surface area contributed by atoms with Crippen molar-refractivity contribution in [3.8, 4) is 5.69 Å². The number of halogens is 1. The van der Waals surface area contributed by atoms with Crippen molar-refractivity contribution in [2.24, 2.45) is 0 Å². The van der Waals surface area contributed by atoms with E-state index in [0.29, 0.717) is 12.2 Å². The molecule has 6 heteroatoms. The Morgan fingerprint density at radius 2 is 1.79 bits per heavy atom. The van der Waals surface area contributed by atoms with E-state index in [-0.39, 0.29) is 11.7 Å². The Morgan fingerprint density at radius 1 is 1.00 bits per heavy atom. The van der Waals surface area contributed by atoms with Gasteiger partial charge in [0.15, 0.2) is 5.69 Å². The molecule has 2 aliphatic rings. The zero-order valence-electron chi connectivity index (χ0n) is 15.5. The number of nitrogens with zero attached hydrogens (tertiary/aromatic N) is 3. The Balaban J connectivity index is 1.58. The third kappa shape index (κ3) is 2.59. The second-order valence-corrected chi connectivity index (χ2v) is 7.42. The monoisotopic (exact) mass is 376 g/mol. The van der Waals surface area contributed by atoms with Crippen LogP contribution in [-0.4, -0.2) is 22.2 Å². The third-order valence-electron chi connectivity index (χ3n) is 5.74. The smallest absolute Gasteiger partial charge is 0.279 e. The first kappa shape index (κ1) is 17.0. The van der Waals surface area contributed by atoms with Gasteiger partial charge in [-0.05, 0) is 74.1 Å². The summed E-state index contributed by atoms with van der Waals surface area (Å²) < 4.78 is 15.1. The molecule has 28 heavy (non-hydrogen) atoms. The van der Waals surface area contributed by atoms with Crippen molar-refractivity contribution in [1.82, 2.24) is 9.78 Å². The molecule has 0 atom stereocenters. The van der Waals surface area contributed by atoms with Gasteiger partial charge < -0.3 is 10.6 Å². The van der Waals surface area contributed by atoms with Crippen molar-refractivity contribution in [3.05, 3.63) is 70.8 Å². The maximum atomic E-state index is 13.5. The van der Waals surface area contributed by atoms with Gasteiger partial charge in [-0.25, -0.2) is 9.07 Å². The molecule has 142 valence electrons. The number of carbonyl (C=O) groups is 1. The predicted molar refractivity (Wildman–Crippen MR) is 106 cm³/mol. The van der Waals surface area contributed by atoms with E-state index in [9.17, 15) is 9.18 Å². The molecule has 5 nitrogen and oxygen atoms in total. The van der Waals surface area contributed by atoms with Gasteiger partial charge in [-0.2, -0.15) is 5.10 Å². The lowest BCUT2D eigenvalue weighted by atomic mass is 9.99. The normalized spacial score (nSPS) is 15.4. The van der Waals surface area contributed by atoms with Crippen LogP contribution in [-0.2, 0) is 19.3 Å². The topological polar surface area (TPSA) is 64.2 Å². The second-order valence-electron chi connectivity index (χ2n) is 7.42. The van der Waals surface area contributed by atoms with Gasteiger partial charge in [-0.1, -0.05) is 6.07 Å². The fourth-order valence-electron chi connectivity index (χ4n) is 4.40. The van der Waals surface area contributed by atoms with Crippen LogP contribution in [0.5, 0.6) is 0 Å². The van der Waals surface area contributed by atoms with Gasteiger partial charge in [-0.15, -0.1) is 0 Å². The number of fused-ring (bicyclic) bond motifs is 2. The number of benzene rings is 2. The Bertz CT molecular complexity index is 1070. The molecule has 1 aliphatic heterocycles. The lowest BCUT2D eigenvalue weighted by Crippen LogP contribution is -2.36. The number of nitrogens with two attached hydrogens (primary N) is 1. The number of anilines is 2. The minimum absolute atomic E-state index is 0.0782. The number of amides is 1. The summed E-state index contributed by atoms with van der Waals surface area (Å²) in [6, 6.07) is 12.0. The van der Waals surface area contributed by atoms with Crippen LogP contribution < -0.4 is 10.6 Å². The zero-order chi connectivity index (χ0) is 19.3. The molecule has 3 aromatic rings. The van der Waals surface area contributed by atoms with E-state index in [0.717, 1.165) is 66.0 Å². The van der Waals surface area contributed by atoms with E-state index in [1.54, 1.807) is 16.8 Å². The summed E-state index contributed by atoms with van der Waals surface area (Å²) in [6.45, 7) is 0.660. The van der Waals surface area contributed by atoms with E-state index < -0.39 is 0 Å². The van der Waals surface area contributed by atoms with Crippen molar-refractivity contribution in [2.75, 3.05) is 17.2 Å². The minimum atomic E-state index is -0.286. The number of hydrogen-bond acceptors (Lipinski definition) is 3. The highest BCUT2D eigenvalue weighted by molar-refractivity contribution is 6.07. The SMILES string of the molecule is Nc1cccc2c1CCCN2C(=O)c1nn(-c2ccc(F)cc2)c2c1CCC2. The van der Waals surface area contributed by atoms with Crippen LogP contribution in [0.2, 0.25) is 0 Å². The molecule has 0 saturated carbocycles. The molecule has 0 spiro atoms. The highest BCUT2D eigenvalue weighted by Crippen LogP contribution is 2.34. The number of carbonyl (C=O) groups excluding carboxylic acids is 1. The van der Waals surface area contributed by atoms with Crippen LogP contribution >= 0.6 is 0 Å². The largest absolute Gasteiger partial charge is 0.398 e. The van der Waals surface area contributed by atoms with Crippen LogP contribution in [0, 0.1) is 5.82 Å². The lowest BCUT2D eigenvalue weighted by molar-refractivity contribution is 0.0979. The quantitative estimate of drug-likeness (QED) is 0.694. The Labute approximate surface area is 162 Å². The first-order valence-corrected chi connectivity index (χ1v) is 9.69. The molecule has 0 radical (unpaired) electrons. The number of rotatable bonds is 2. The van der Waals surface area contributed by atoms with Crippen molar-refractivity contribution >= 4 is 17.3 Å². The van der Waals surface area contributed by atoms with Gasteiger partial charge in [0.2, 0.25) is 0 Å². The van der Waals surface area contributed by atoms with Gasteiger partial charge in [-0.3, -0.25) is 4.79 Å². The van der Waals surface area contributed by atoms with Crippen molar-refractivity contribution < 1.29 is 9.18 Å². The standard InChI is InChI=1S/C22H21FN4O/c23-14-9-11-15(12-10-14)27-20-8-1-4-17(20)21(25-27)22(28)26-13-3-5-16-18(24)6-2-7-19(16)26/h2,6-7,9-12H,1,3-5,8,13,24H2. The molecule has 0 bridgehead atoms. The van der Waals surface area contributed by atoms with Crippen LogP contribution in [0.25, 0.3) is 5.69 Å². The van der Waals surface area contributed by atoms with Crippen molar-refractivity contribution in [1.29, 1.82) is 0 Å². The van der Waals surface area contributed by atoms with E-state index in [1.807, 2.05) is 23.1 Å². The Kier molecular flexibility index (Phi) is 3.93. The van der Waals surface area contributed by atoms with E-state index in [2.05, 4.69) is 5.10 Å². The molecule has 0 saturated heterocycles. The summed E-state index contributed by atoms with van der Waals surface area (Å²) in [4.78, 5) is 15.3. The summed E-state index contributed by atoms with van der Waals surface area (Å²) in [6.07, 6.45) is 4.48. The maximum Gasteiger partial charge on any atom is 0.279 e. The maximum absolute atomic E-state index is 13.5. The summed E-state index contributed by atoms with van der Waals surface area (Å²) in [5.74, 6) is -0.364. The van der Waals surface area contributed by atoms with Crippen LogP contribution in [0.3, 0.4) is 0 Å². The molecule has 2 N–H and O–H groups in total. The van der Waals surface area contributed by atoms with Gasteiger partial charge in [0, 0.05) is 29.2 Å². The predicted octanol–water partition coefficient (Wildman–Crippen LogP) is 3.68. The molecule has 5 rings (SSSR count). The minimum Gasteiger partial charge on any atom is -0.398 e. The molecule has 2 heterocycles. The molecular weight excluding hydrogens is 355 g/mol. The van der Waals surface area contributed by atoms with Crippen LogP contribution in [0.15, 0.2) is 42.5 Å². The Morgan fingerprint density at radius 3 is 2.61 bits per heavy atom. The average Bonchev–Trinajstić information content (AvgIpc) is 3.31. The van der Waals surface area contributed by atoms with Crippen molar-refractivity contribution in [3.63, 3.8) is 0 Å². The molecule has 1 aromatic heterocycles. The molecule has 1 aliphatic carbocycles.